The van der Waals surface area contributed by atoms with Crippen LogP contribution in [0.25, 0.3) is 11.3 Å². The lowest BCUT2D eigenvalue weighted by Crippen LogP contribution is -2.39. The number of pyridine rings is 1. The van der Waals surface area contributed by atoms with Crippen molar-refractivity contribution in [1.82, 2.24) is 30.0 Å². The molecule has 0 radical (unpaired) electrons. The van der Waals surface area contributed by atoms with Crippen molar-refractivity contribution in [3.05, 3.63) is 71.3 Å². The molecule has 0 aliphatic heterocycles. The van der Waals surface area contributed by atoms with Gasteiger partial charge in [-0.2, -0.15) is 5.10 Å². The number of nitrogens with one attached hydrogen (secondary N) is 1. The molecule has 0 bridgehead atoms. The van der Waals surface area contributed by atoms with Gasteiger partial charge in [0.05, 0.1) is 17.9 Å². The number of carbonyl (C=O) groups is 1. The van der Waals surface area contributed by atoms with Gasteiger partial charge in [-0.05, 0) is 43.9 Å². The van der Waals surface area contributed by atoms with Crippen molar-refractivity contribution >= 4 is 5.91 Å². The minimum Gasteiger partial charge on any atom is -0.348 e. The van der Waals surface area contributed by atoms with E-state index in [0.29, 0.717) is 5.69 Å². The summed E-state index contributed by atoms with van der Waals surface area (Å²) in [5.41, 5.74) is 1.88. The maximum Gasteiger partial charge on any atom is 0.271 e. The Balaban J connectivity index is 1.42. The Bertz CT molecular complexity index is 998. The second-order valence-corrected chi connectivity index (χ2v) is 6.81. The molecule has 8 nitrogen and oxygen atoms in total. The predicted octanol–water partition coefficient (Wildman–Crippen LogP) is 2.01. The van der Waals surface area contributed by atoms with Crippen LogP contribution < -0.4 is 10.9 Å². The van der Waals surface area contributed by atoms with Gasteiger partial charge in [-0.15, -0.1) is 0 Å². The van der Waals surface area contributed by atoms with Crippen molar-refractivity contribution in [3.8, 4) is 11.3 Å². The summed E-state index contributed by atoms with van der Waals surface area (Å²) in [5, 5.41) is 7.57. The lowest BCUT2D eigenvalue weighted by Gasteiger charge is -2.29. The zero-order valence-corrected chi connectivity index (χ0v) is 15.2. The number of rotatable bonds is 4. The van der Waals surface area contributed by atoms with Crippen LogP contribution in [-0.2, 0) is 0 Å². The van der Waals surface area contributed by atoms with Crippen molar-refractivity contribution in [3.63, 3.8) is 0 Å². The van der Waals surface area contributed by atoms with Crippen LogP contribution in [0.15, 0.2) is 60.0 Å². The van der Waals surface area contributed by atoms with Gasteiger partial charge < -0.3 is 5.32 Å². The second-order valence-electron chi connectivity index (χ2n) is 6.81. The standard InChI is InChI=1S/C20H20N6O2/c27-19-6-5-17(14-7-9-21-10-8-14)25-26(19)16-3-1-15(2-4-16)24-20(28)18-13-22-11-12-23-18/h5-13,15-16H,1-4H2,(H,24,28). The molecule has 1 N–H and O–H groups in total. The fraction of sp³-hybridized carbons (Fsp3) is 0.300. The maximum atomic E-state index is 12.3. The van der Waals surface area contributed by atoms with Crippen molar-refractivity contribution in [2.75, 3.05) is 0 Å². The molecule has 1 fully saturated rings. The summed E-state index contributed by atoms with van der Waals surface area (Å²) in [7, 11) is 0. The number of hydrogen-bond donors (Lipinski definition) is 1. The molecule has 142 valence electrons. The predicted molar refractivity (Wildman–Crippen MR) is 103 cm³/mol. The smallest absolute Gasteiger partial charge is 0.271 e. The fourth-order valence-electron chi connectivity index (χ4n) is 3.50. The van der Waals surface area contributed by atoms with Crippen LogP contribution in [-0.4, -0.2) is 36.7 Å². The maximum absolute atomic E-state index is 12.3. The minimum absolute atomic E-state index is 0.0268. The Morgan fingerprint density at radius 3 is 2.46 bits per heavy atom. The molecule has 1 saturated carbocycles. The first kappa shape index (κ1) is 18.0. The third kappa shape index (κ3) is 3.95. The summed E-state index contributed by atoms with van der Waals surface area (Å²) in [4.78, 5) is 36.5. The summed E-state index contributed by atoms with van der Waals surface area (Å²) in [6, 6.07) is 7.13. The van der Waals surface area contributed by atoms with E-state index < -0.39 is 0 Å². The van der Waals surface area contributed by atoms with Gasteiger partial charge in [-0.1, -0.05) is 0 Å². The molecule has 8 heteroatoms. The van der Waals surface area contributed by atoms with E-state index in [9.17, 15) is 9.59 Å². The van der Waals surface area contributed by atoms with Crippen LogP contribution in [0.2, 0.25) is 0 Å². The van der Waals surface area contributed by atoms with Gasteiger partial charge in [-0.25, -0.2) is 9.67 Å². The summed E-state index contributed by atoms with van der Waals surface area (Å²) in [6.07, 6.45) is 11.0. The number of nitrogens with zero attached hydrogens (tertiary/aromatic N) is 5. The molecular weight excluding hydrogens is 356 g/mol. The molecular formula is C20H20N6O2. The van der Waals surface area contributed by atoms with Crippen LogP contribution in [0, 0.1) is 0 Å². The van der Waals surface area contributed by atoms with Crippen molar-refractivity contribution < 1.29 is 4.79 Å². The van der Waals surface area contributed by atoms with Crippen LogP contribution in [0.3, 0.4) is 0 Å². The van der Waals surface area contributed by atoms with Crippen molar-refractivity contribution in [1.29, 1.82) is 0 Å². The van der Waals surface area contributed by atoms with Crippen molar-refractivity contribution in [2.45, 2.75) is 37.8 Å². The lowest BCUT2D eigenvalue weighted by molar-refractivity contribution is 0.0916. The fourth-order valence-corrected chi connectivity index (χ4v) is 3.50. The summed E-state index contributed by atoms with van der Waals surface area (Å²) >= 11 is 0. The molecule has 28 heavy (non-hydrogen) atoms. The molecule has 1 amide bonds. The van der Waals surface area contributed by atoms with E-state index in [4.69, 9.17) is 0 Å². The molecule has 0 aromatic carbocycles. The van der Waals surface area contributed by atoms with E-state index >= 15 is 0 Å². The zero-order valence-electron chi connectivity index (χ0n) is 15.2. The van der Waals surface area contributed by atoms with Gasteiger partial charge in [0.2, 0.25) is 0 Å². The molecule has 1 aliphatic carbocycles. The highest BCUT2D eigenvalue weighted by Crippen LogP contribution is 2.27. The summed E-state index contributed by atoms with van der Waals surface area (Å²) < 4.78 is 1.58. The van der Waals surface area contributed by atoms with Crippen LogP contribution >= 0.6 is 0 Å². The van der Waals surface area contributed by atoms with Gasteiger partial charge in [0.25, 0.3) is 11.5 Å². The monoisotopic (exact) mass is 376 g/mol. The Morgan fingerprint density at radius 1 is 0.964 bits per heavy atom. The van der Waals surface area contributed by atoms with Gasteiger partial charge >= 0.3 is 0 Å². The Morgan fingerprint density at radius 2 is 1.75 bits per heavy atom. The molecule has 0 atom stereocenters. The van der Waals surface area contributed by atoms with E-state index in [2.05, 4.69) is 25.4 Å². The van der Waals surface area contributed by atoms with E-state index in [-0.39, 0.29) is 23.6 Å². The van der Waals surface area contributed by atoms with Gasteiger partial charge in [0, 0.05) is 42.5 Å². The number of aromatic nitrogens is 5. The normalized spacial score (nSPS) is 19.1. The van der Waals surface area contributed by atoms with Gasteiger partial charge in [0.1, 0.15) is 5.69 Å². The molecule has 3 aromatic heterocycles. The first-order chi connectivity index (χ1) is 13.7. The molecule has 0 unspecified atom stereocenters. The van der Waals surface area contributed by atoms with Crippen molar-refractivity contribution in [2.24, 2.45) is 0 Å². The average Bonchev–Trinajstić information content (AvgIpc) is 2.76. The molecule has 3 heterocycles. The molecule has 0 saturated heterocycles. The molecule has 1 aliphatic rings. The number of carbonyl (C=O) groups excluding carboxylic acids is 1. The number of hydrogen-bond acceptors (Lipinski definition) is 6. The Hall–Kier alpha value is -3.42. The second kappa shape index (κ2) is 8.08. The molecule has 0 spiro atoms. The van der Waals surface area contributed by atoms with Crippen LogP contribution in [0.5, 0.6) is 0 Å². The SMILES string of the molecule is O=C(NC1CCC(n2nc(-c3ccncc3)ccc2=O)CC1)c1cnccn1. The van der Waals surface area contributed by atoms with E-state index in [1.54, 1.807) is 29.2 Å². The topological polar surface area (TPSA) is 103 Å². The van der Waals surface area contributed by atoms with Crippen LogP contribution in [0.1, 0.15) is 42.2 Å². The summed E-state index contributed by atoms with van der Waals surface area (Å²) in [5.74, 6) is -0.216. The minimum atomic E-state index is -0.216. The third-order valence-electron chi connectivity index (χ3n) is 4.97. The van der Waals surface area contributed by atoms with E-state index in [1.807, 2.05) is 12.1 Å². The zero-order chi connectivity index (χ0) is 19.3. The third-order valence-corrected chi connectivity index (χ3v) is 4.97. The quantitative estimate of drug-likeness (QED) is 0.747. The first-order valence-electron chi connectivity index (χ1n) is 9.28. The highest BCUT2D eigenvalue weighted by Gasteiger charge is 2.25. The number of amides is 1. The molecule has 4 rings (SSSR count). The van der Waals surface area contributed by atoms with E-state index in [1.165, 1.54) is 18.6 Å². The Kier molecular flexibility index (Phi) is 5.18. The lowest BCUT2D eigenvalue weighted by atomic mass is 9.91. The molecule has 3 aromatic rings. The van der Waals surface area contributed by atoms with Crippen LogP contribution in [0.4, 0.5) is 0 Å². The highest BCUT2D eigenvalue weighted by molar-refractivity contribution is 5.92. The average molecular weight is 376 g/mol. The Labute approximate surface area is 161 Å². The van der Waals surface area contributed by atoms with E-state index in [0.717, 1.165) is 36.9 Å². The first-order valence-corrected chi connectivity index (χ1v) is 9.28. The highest BCUT2D eigenvalue weighted by atomic mass is 16.2. The summed E-state index contributed by atoms with van der Waals surface area (Å²) in [6.45, 7) is 0. The van der Waals surface area contributed by atoms with Gasteiger partial charge in [0.15, 0.2) is 0 Å². The van der Waals surface area contributed by atoms with Gasteiger partial charge in [-0.3, -0.25) is 19.6 Å². The largest absolute Gasteiger partial charge is 0.348 e.